The Kier molecular flexibility index (Phi) is 5.93. The van der Waals surface area contributed by atoms with E-state index in [1.54, 1.807) is 0 Å². The largest absolute Gasteiger partial charge is 0.493 e. The number of nitrogens with one attached hydrogen (secondary N) is 1. The van der Waals surface area contributed by atoms with Gasteiger partial charge in [-0.3, -0.25) is 9.89 Å². The van der Waals surface area contributed by atoms with Crippen molar-refractivity contribution >= 4 is 5.96 Å². The lowest BCUT2D eigenvalue weighted by molar-refractivity contribution is 0.140. The average molecular weight is 331 g/mol. The maximum absolute atomic E-state index is 6.09. The number of piperazine rings is 1. The monoisotopic (exact) mass is 331 g/mol. The standard InChI is InChI=1S/C18H29N5O/c1-2-22-10-12-23(13-11-22)9-8-20-18(19)21-16-7-14-24-17-6-4-3-5-15(16)17/h3-6,16H,2,7-14H2,1H3,(H3,19,20,21). The van der Waals surface area contributed by atoms with E-state index in [0.29, 0.717) is 12.6 Å². The molecule has 3 N–H and O–H groups in total. The van der Waals surface area contributed by atoms with Gasteiger partial charge in [0.05, 0.1) is 19.2 Å². The SMILES string of the molecule is CCN1CCN(CCN=C(N)NC2CCOc3ccccc32)CC1. The molecule has 0 saturated carbocycles. The number of para-hydroxylation sites is 1. The maximum Gasteiger partial charge on any atom is 0.189 e. The van der Waals surface area contributed by atoms with Crippen LogP contribution in [0.15, 0.2) is 29.3 Å². The number of guanidine groups is 1. The van der Waals surface area contributed by atoms with E-state index < -0.39 is 0 Å². The summed E-state index contributed by atoms with van der Waals surface area (Å²) in [5, 5.41) is 3.35. The Bertz CT molecular complexity index is 554. The lowest BCUT2D eigenvalue weighted by Crippen LogP contribution is -2.47. The molecule has 3 rings (SSSR count). The van der Waals surface area contributed by atoms with Gasteiger partial charge in [-0.05, 0) is 12.6 Å². The minimum Gasteiger partial charge on any atom is -0.493 e. The Morgan fingerprint density at radius 3 is 2.79 bits per heavy atom. The van der Waals surface area contributed by atoms with Crippen molar-refractivity contribution in [2.75, 3.05) is 52.4 Å². The van der Waals surface area contributed by atoms with Gasteiger partial charge in [0.15, 0.2) is 5.96 Å². The average Bonchev–Trinajstić information content (AvgIpc) is 2.63. The number of hydrogen-bond acceptors (Lipinski definition) is 4. The summed E-state index contributed by atoms with van der Waals surface area (Å²) in [5.41, 5.74) is 7.26. The second kappa shape index (κ2) is 8.35. The summed E-state index contributed by atoms with van der Waals surface area (Å²) in [6.07, 6.45) is 0.909. The smallest absolute Gasteiger partial charge is 0.189 e. The molecule has 0 amide bonds. The van der Waals surface area contributed by atoms with E-state index in [4.69, 9.17) is 10.5 Å². The molecule has 0 spiro atoms. The minimum atomic E-state index is 0.187. The predicted molar refractivity (Wildman–Crippen MR) is 97.5 cm³/mol. The molecule has 6 nitrogen and oxygen atoms in total. The highest BCUT2D eigenvalue weighted by Crippen LogP contribution is 2.31. The summed E-state index contributed by atoms with van der Waals surface area (Å²) < 4.78 is 5.68. The molecular formula is C18H29N5O. The van der Waals surface area contributed by atoms with Gasteiger partial charge in [-0.25, -0.2) is 0 Å². The topological polar surface area (TPSA) is 66.1 Å². The third-order valence-electron chi connectivity index (χ3n) is 4.89. The van der Waals surface area contributed by atoms with Gasteiger partial charge in [0.2, 0.25) is 0 Å². The van der Waals surface area contributed by atoms with E-state index in [2.05, 4.69) is 33.1 Å². The van der Waals surface area contributed by atoms with Crippen LogP contribution < -0.4 is 15.8 Å². The second-order valence-corrected chi connectivity index (χ2v) is 6.41. The van der Waals surface area contributed by atoms with Crippen LogP contribution >= 0.6 is 0 Å². The predicted octanol–water partition coefficient (Wildman–Crippen LogP) is 1.05. The summed E-state index contributed by atoms with van der Waals surface area (Å²) >= 11 is 0. The summed E-state index contributed by atoms with van der Waals surface area (Å²) in [6.45, 7) is 10.4. The fourth-order valence-corrected chi connectivity index (χ4v) is 3.36. The Morgan fingerprint density at radius 2 is 2.00 bits per heavy atom. The van der Waals surface area contributed by atoms with Gasteiger partial charge in [-0.2, -0.15) is 0 Å². The number of ether oxygens (including phenoxy) is 1. The summed E-state index contributed by atoms with van der Waals surface area (Å²) in [4.78, 5) is 9.46. The molecule has 24 heavy (non-hydrogen) atoms. The van der Waals surface area contributed by atoms with Gasteiger partial charge in [0.1, 0.15) is 5.75 Å². The highest BCUT2D eigenvalue weighted by Gasteiger charge is 2.21. The van der Waals surface area contributed by atoms with E-state index in [1.165, 1.54) is 0 Å². The summed E-state index contributed by atoms with van der Waals surface area (Å²) in [6, 6.07) is 8.31. The molecule has 132 valence electrons. The highest BCUT2D eigenvalue weighted by molar-refractivity contribution is 5.78. The third kappa shape index (κ3) is 4.39. The zero-order valence-electron chi connectivity index (χ0n) is 14.6. The van der Waals surface area contributed by atoms with Crippen molar-refractivity contribution in [3.05, 3.63) is 29.8 Å². The van der Waals surface area contributed by atoms with Crippen LogP contribution in [0.5, 0.6) is 5.75 Å². The molecule has 2 aliphatic rings. The molecule has 6 heteroatoms. The van der Waals surface area contributed by atoms with Crippen LogP contribution in [-0.4, -0.2) is 68.2 Å². The van der Waals surface area contributed by atoms with Crippen LogP contribution in [0.3, 0.4) is 0 Å². The van der Waals surface area contributed by atoms with E-state index >= 15 is 0 Å². The molecule has 0 bridgehead atoms. The number of likely N-dealkylation sites (N-methyl/N-ethyl adjacent to an activating group) is 1. The minimum absolute atomic E-state index is 0.187. The first kappa shape index (κ1) is 17.0. The lowest BCUT2D eigenvalue weighted by atomic mass is 10.0. The van der Waals surface area contributed by atoms with Crippen molar-refractivity contribution in [1.29, 1.82) is 0 Å². The highest BCUT2D eigenvalue weighted by atomic mass is 16.5. The molecule has 2 aliphatic heterocycles. The van der Waals surface area contributed by atoms with Crippen molar-refractivity contribution < 1.29 is 4.74 Å². The number of nitrogens with two attached hydrogens (primary N) is 1. The first-order valence-corrected chi connectivity index (χ1v) is 8.99. The number of benzene rings is 1. The molecule has 1 aromatic carbocycles. The van der Waals surface area contributed by atoms with Crippen LogP contribution in [0.2, 0.25) is 0 Å². The number of fused-ring (bicyclic) bond motifs is 1. The maximum atomic E-state index is 6.09. The fraction of sp³-hybridized carbons (Fsp3) is 0.611. The first-order valence-electron chi connectivity index (χ1n) is 8.99. The van der Waals surface area contributed by atoms with Gasteiger partial charge >= 0.3 is 0 Å². The van der Waals surface area contributed by atoms with Crippen LogP contribution in [0.1, 0.15) is 24.9 Å². The molecule has 0 aromatic heterocycles. The number of rotatable bonds is 5. The van der Waals surface area contributed by atoms with Crippen LogP contribution in [0, 0.1) is 0 Å². The van der Waals surface area contributed by atoms with Crippen molar-refractivity contribution in [3.63, 3.8) is 0 Å². The number of aliphatic imine (C=N–C) groups is 1. The van der Waals surface area contributed by atoms with Gasteiger partial charge < -0.3 is 20.7 Å². The zero-order valence-corrected chi connectivity index (χ0v) is 14.6. The van der Waals surface area contributed by atoms with Gasteiger partial charge in [0, 0.05) is 44.7 Å². The molecule has 1 unspecified atom stereocenters. The molecule has 1 saturated heterocycles. The van der Waals surface area contributed by atoms with Crippen LogP contribution in [0.25, 0.3) is 0 Å². The summed E-state index contributed by atoms with van der Waals surface area (Å²) in [5.74, 6) is 1.48. The Balaban J connectivity index is 1.46. The molecule has 1 atom stereocenters. The van der Waals surface area contributed by atoms with Crippen molar-refractivity contribution in [1.82, 2.24) is 15.1 Å². The van der Waals surface area contributed by atoms with E-state index in [9.17, 15) is 0 Å². The number of hydrogen-bond donors (Lipinski definition) is 2. The molecule has 1 fully saturated rings. The Hall–Kier alpha value is -1.79. The normalized spacial score (nSPS) is 22.7. The summed E-state index contributed by atoms with van der Waals surface area (Å²) in [7, 11) is 0. The van der Waals surface area contributed by atoms with Crippen molar-refractivity contribution in [2.24, 2.45) is 10.7 Å². The molecular weight excluding hydrogens is 302 g/mol. The fourth-order valence-electron chi connectivity index (χ4n) is 3.36. The van der Waals surface area contributed by atoms with E-state index in [-0.39, 0.29) is 6.04 Å². The van der Waals surface area contributed by atoms with Crippen LogP contribution in [0.4, 0.5) is 0 Å². The van der Waals surface area contributed by atoms with Crippen LogP contribution in [-0.2, 0) is 0 Å². The third-order valence-corrected chi connectivity index (χ3v) is 4.89. The second-order valence-electron chi connectivity index (χ2n) is 6.41. The Morgan fingerprint density at radius 1 is 1.25 bits per heavy atom. The molecule has 1 aromatic rings. The van der Waals surface area contributed by atoms with E-state index in [0.717, 1.165) is 63.5 Å². The molecule has 0 radical (unpaired) electrons. The first-order chi connectivity index (χ1) is 11.8. The number of nitrogens with zero attached hydrogens (tertiary/aromatic N) is 3. The molecule has 2 heterocycles. The van der Waals surface area contributed by atoms with Gasteiger partial charge in [-0.15, -0.1) is 0 Å². The van der Waals surface area contributed by atoms with Gasteiger partial charge in [-0.1, -0.05) is 25.1 Å². The zero-order chi connectivity index (χ0) is 16.8. The van der Waals surface area contributed by atoms with Gasteiger partial charge in [0.25, 0.3) is 0 Å². The Labute approximate surface area is 144 Å². The van der Waals surface area contributed by atoms with E-state index in [1.807, 2.05) is 18.2 Å². The van der Waals surface area contributed by atoms with Crippen molar-refractivity contribution in [2.45, 2.75) is 19.4 Å². The van der Waals surface area contributed by atoms with Crippen molar-refractivity contribution in [3.8, 4) is 5.75 Å². The lowest BCUT2D eigenvalue weighted by Gasteiger charge is -2.33. The quantitative estimate of drug-likeness (QED) is 0.624. The molecule has 0 aliphatic carbocycles.